The smallest absolute Gasteiger partial charge is 0.407 e. The number of nitrogens with zero attached hydrogens (tertiary/aromatic N) is 1. The Bertz CT molecular complexity index is 605. The monoisotopic (exact) mass is 349 g/mol. The van der Waals surface area contributed by atoms with Crippen LogP contribution < -0.4 is 0 Å². The van der Waals surface area contributed by atoms with Gasteiger partial charge in [0.15, 0.2) is 0 Å². The minimum atomic E-state index is -0.936. The molecule has 0 saturated carbocycles. The summed E-state index contributed by atoms with van der Waals surface area (Å²) in [6.45, 7) is 6.31. The van der Waals surface area contributed by atoms with Crippen molar-refractivity contribution in [1.82, 2.24) is 4.90 Å². The Labute approximate surface area is 148 Å². The summed E-state index contributed by atoms with van der Waals surface area (Å²) in [6.07, 6.45) is 0.581. The zero-order chi connectivity index (χ0) is 18.6. The molecule has 0 aliphatic carbocycles. The molecule has 1 aliphatic rings. The SMILES string of the molecule is CC(C)(C)OC(=O)c1ccc(C2CN(C(=O)O)CCCC2CO)cc1. The summed E-state index contributed by atoms with van der Waals surface area (Å²) < 4.78 is 5.36. The van der Waals surface area contributed by atoms with E-state index in [9.17, 15) is 19.8 Å². The zero-order valence-electron chi connectivity index (χ0n) is 15.1. The largest absolute Gasteiger partial charge is 0.465 e. The molecule has 2 rings (SSSR count). The Hall–Kier alpha value is -2.08. The van der Waals surface area contributed by atoms with Gasteiger partial charge < -0.3 is 19.8 Å². The highest BCUT2D eigenvalue weighted by molar-refractivity contribution is 5.89. The quantitative estimate of drug-likeness (QED) is 0.819. The topological polar surface area (TPSA) is 87.1 Å². The number of likely N-dealkylation sites (tertiary alicyclic amines) is 1. The summed E-state index contributed by atoms with van der Waals surface area (Å²) in [6, 6.07) is 7.07. The molecule has 1 fully saturated rings. The lowest BCUT2D eigenvalue weighted by atomic mass is 9.84. The Kier molecular flexibility index (Phi) is 6.06. The first-order valence-electron chi connectivity index (χ1n) is 8.63. The van der Waals surface area contributed by atoms with Crippen LogP contribution in [0.3, 0.4) is 0 Å². The molecule has 1 heterocycles. The maximum atomic E-state index is 12.1. The summed E-state index contributed by atoms with van der Waals surface area (Å²) in [5, 5.41) is 19.0. The highest BCUT2D eigenvalue weighted by Gasteiger charge is 2.30. The van der Waals surface area contributed by atoms with E-state index in [4.69, 9.17) is 4.74 Å². The van der Waals surface area contributed by atoms with E-state index in [0.717, 1.165) is 18.4 Å². The Morgan fingerprint density at radius 2 is 1.88 bits per heavy atom. The number of esters is 1. The van der Waals surface area contributed by atoms with E-state index in [2.05, 4.69) is 0 Å². The van der Waals surface area contributed by atoms with Gasteiger partial charge in [-0.3, -0.25) is 0 Å². The number of ether oxygens (including phenoxy) is 1. The van der Waals surface area contributed by atoms with E-state index in [0.29, 0.717) is 18.7 Å². The van der Waals surface area contributed by atoms with E-state index >= 15 is 0 Å². The van der Waals surface area contributed by atoms with Crippen LogP contribution in [-0.2, 0) is 4.74 Å². The fourth-order valence-corrected chi connectivity index (χ4v) is 3.20. The summed E-state index contributed by atoms with van der Waals surface area (Å²) in [7, 11) is 0. The van der Waals surface area contributed by atoms with Crippen LogP contribution in [0.2, 0.25) is 0 Å². The molecule has 6 nitrogen and oxygen atoms in total. The van der Waals surface area contributed by atoms with Gasteiger partial charge in [0.2, 0.25) is 0 Å². The third-order valence-electron chi connectivity index (χ3n) is 4.47. The fourth-order valence-electron chi connectivity index (χ4n) is 3.20. The molecule has 25 heavy (non-hydrogen) atoms. The molecule has 0 radical (unpaired) electrons. The predicted molar refractivity (Wildman–Crippen MR) is 93.8 cm³/mol. The van der Waals surface area contributed by atoms with Crippen molar-refractivity contribution in [2.75, 3.05) is 19.7 Å². The van der Waals surface area contributed by atoms with Crippen molar-refractivity contribution in [2.24, 2.45) is 5.92 Å². The summed E-state index contributed by atoms with van der Waals surface area (Å²) in [4.78, 5) is 24.9. The van der Waals surface area contributed by atoms with Crippen molar-refractivity contribution in [1.29, 1.82) is 0 Å². The van der Waals surface area contributed by atoms with Gasteiger partial charge in [-0.2, -0.15) is 0 Å². The zero-order valence-corrected chi connectivity index (χ0v) is 15.1. The minimum absolute atomic E-state index is 0.0109. The van der Waals surface area contributed by atoms with Gasteiger partial charge in [-0.1, -0.05) is 12.1 Å². The number of benzene rings is 1. The molecule has 0 spiro atoms. The molecular formula is C19H27NO5. The van der Waals surface area contributed by atoms with Gasteiger partial charge in [0.05, 0.1) is 5.56 Å². The molecule has 0 aromatic heterocycles. The van der Waals surface area contributed by atoms with E-state index in [-0.39, 0.29) is 24.4 Å². The third kappa shape index (κ3) is 5.19. The van der Waals surface area contributed by atoms with Gasteiger partial charge in [0, 0.05) is 25.6 Å². The van der Waals surface area contributed by atoms with Crippen molar-refractivity contribution >= 4 is 12.1 Å². The van der Waals surface area contributed by atoms with Gasteiger partial charge >= 0.3 is 12.1 Å². The third-order valence-corrected chi connectivity index (χ3v) is 4.47. The molecule has 2 atom stereocenters. The summed E-state index contributed by atoms with van der Waals surface area (Å²) >= 11 is 0. The molecule has 6 heteroatoms. The van der Waals surface area contributed by atoms with Gasteiger partial charge in [-0.15, -0.1) is 0 Å². The Balaban J connectivity index is 2.20. The highest BCUT2D eigenvalue weighted by atomic mass is 16.6. The van der Waals surface area contributed by atoms with Crippen LogP contribution in [0.15, 0.2) is 24.3 Å². The van der Waals surface area contributed by atoms with Crippen LogP contribution in [0.25, 0.3) is 0 Å². The fraction of sp³-hybridized carbons (Fsp3) is 0.579. The van der Waals surface area contributed by atoms with Crippen molar-refractivity contribution in [3.05, 3.63) is 35.4 Å². The highest BCUT2D eigenvalue weighted by Crippen LogP contribution is 2.32. The standard InChI is InChI=1S/C19H27NO5/c1-19(2,3)25-17(22)14-8-6-13(7-9-14)16-11-20(18(23)24)10-4-5-15(16)12-21/h6-9,15-16,21H,4-5,10-12H2,1-3H3,(H,23,24). The van der Waals surface area contributed by atoms with Gasteiger partial charge in [-0.05, 0) is 57.2 Å². The van der Waals surface area contributed by atoms with Crippen LogP contribution in [0, 0.1) is 5.92 Å². The molecule has 1 amide bonds. The maximum Gasteiger partial charge on any atom is 0.407 e. The second-order valence-electron chi connectivity index (χ2n) is 7.54. The number of hydrogen-bond acceptors (Lipinski definition) is 4. The number of rotatable bonds is 3. The first-order chi connectivity index (χ1) is 11.7. The molecule has 2 N–H and O–H groups in total. The molecular weight excluding hydrogens is 322 g/mol. The molecule has 138 valence electrons. The van der Waals surface area contributed by atoms with E-state index in [1.807, 2.05) is 32.9 Å². The Morgan fingerprint density at radius 3 is 2.40 bits per heavy atom. The lowest BCUT2D eigenvalue weighted by Crippen LogP contribution is -2.34. The number of aliphatic hydroxyl groups excluding tert-OH is 1. The van der Waals surface area contributed by atoms with Gasteiger partial charge in [0.1, 0.15) is 5.60 Å². The second kappa shape index (κ2) is 7.87. The molecule has 1 aromatic rings. The molecule has 1 aliphatic heterocycles. The number of carboxylic acid groups (broad SMARTS) is 1. The number of aliphatic hydroxyl groups is 1. The van der Waals surface area contributed by atoms with Crippen LogP contribution in [0.5, 0.6) is 0 Å². The number of hydrogen-bond donors (Lipinski definition) is 2. The lowest BCUT2D eigenvalue weighted by molar-refractivity contribution is 0.00694. The van der Waals surface area contributed by atoms with Crippen molar-refractivity contribution in [2.45, 2.75) is 45.1 Å². The first kappa shape index (κ1) is 19.2. The molecule has 1 saturated heterocycles. The molecule has 2 unspecified atom stereocenters. The van der Waals surface area contributed by atoms with E-state index in [1.165, 1.54) is 4.90 Å². The summed E-state index contributed by atoms with van der Waals surface area (Å²) in [5.41, 5.74) is 0.837. The van der Waals surface area contributed by atoms with Crippen molar-refractivity contribution < 1.29 is 24.5 Å². The number of carbonyl (C=O) groups excluding carboxylic acids is 1. The lowest BCUT2D eigenvalue weighted by Gasteiger charge is -2.27. The molecule has 0 bridgehead atoms. The second-order valence-corrected chi connectivity index (χ2v) is 7.54. The average Bonchev–Trinajstić information content (AvgIpc) is 2.75. The molecule has 1 aromatic carbocycles. The minimum Gasteiger partial charge on any atom is -0.465 e. The van der Waals surface area contributed by atoms with Crippen LogP contribution in [0.4, 0.5) is 4.79 Å². The number of amides is 1. The first-order valence-corrected chi connectivity index (χ1v) is 8.63. The van der Waals surface area contributed by atoms with Crippen LogP contribution >= 0.6 is 0 Å². The van der Waals surface area contributed by atoms with Crippen molar-refractivity contribution in [3.8, 4) is 0 Å². The maximum absolute atomic E-state index is 12.1. The Morgan fingerprint density at radius 1 is 1.24 bits per heavy atom. The van der Waals surface area contributed by atoms with Crippen LogP contribution in [-0.4, -0.2) is 52.5 Å². The van der Waals surface area contributed by atoms with Gasteiger partial charge in [-0.25, -0.2) is 9.59 Å². The van der Waals surface area contributed by atoms with Gasteiger partial charge in [0.25, 0.3) is 0 Å². The average molecular weight is 349 g/mol. The van der Waals surface area contributed by atoms with Crippen molar-refractivity contribution in [3.63, 3.8) is 0 Å². The normalized spacial score (nSPS) is 21.5. The van der Waals surface area contributed by atoms with E-state index in [1.54, 1.807) is 12.1 Å². The predicted octanol–water partition coefficient (Wildman–Crippen LogP) is 3.11. The van der Waals surface area contributed by atoms with Crippen LogP contribution in [0.1, 0.15) is 55.5 Å². The summed E-state index contributed by atoms with van der Waals surface area (Å²) in [5.74, 6) is -0.459. The van der Waals surface area contributed by atoms with E-state index < -0.39 is 11.7 Å². The number of carbonyl (C=O) groups is 2.